The smallest absolute Gasteiger partial charge is 0.249 e. The minimum Gasteiger partial charge on any atom is -0.366 e. The van der Waals surface area contributed by atoms with Crippen LogP contribution < -0.4 is 22.1 Å². The van der Waals surface area contributed by atoms with E-state index in [1.54, 1.807) is 0 Å². The van der Waals surface area contributed by atoms with Crippen LogP contribution in [0, 0.1) is 11.8 Å². The van der Waals surface area contributed by atoms with Crippen molar-refractivity contribution in [2.45, 2.75) is 65.5 Å². The van der Waals surface area contributed by atoms with Crippen molar-refractivity contribution in [3.8, 4) is 0 Å². The molecule has 0 aliphatic rings. The molecule has 2 unspecified atom stereocenters. The van der Waals surface area contributed by atoms with Crippen LogP contribution in [0.15, 0.2) is 36.9 Å². The normalized spacial score (nSPS) is 12.9. The average molecular weight is 525 g/mol. The van der Waals surface area contributed by atoms with Gasteiger partial charge in [-0.15, -0.1) is 0 Å². The number of nitrogens with zero attached hydrogens (tertiary/aromatic N) is 2. The van der Waals surface area contributed by atoms with Gasteiger partial charge < -0.3 is 22.1 Å². The van der Waals surface area contributed by atoms with Crippen LogP contribution in [0.25, 0.3) is 0 Å². The lowest BCUT2D eigenvalue weighted by atomic mass is 9.93. The van der Waals surface area contributed by atoms with Gasteiger partial charge in [0.1, 0.15) is 0 Å². The van der Waals surface area contributed by atoms with E-state index in [4.69, 9.17) is 11.5 Å². The van der Waals surface area contributed by atoms with Crippen molar-refractivity contribution in [3.05, 3.63) is 59.2 Å². The van der Waals surface area contributed by atoms with Gasteiger partial charge in [-0.1, -0.05) is 40.5 Å². The number of carbonyl (C=O) groups excluding carboxylic acids is 4. The number of amides is 2. The summed E-state index contributed by atoms with van der Waals surface area (Å²) in [5.41, 5.74) is 11.7. The van der Waals surface area contributed by atoms with Gasteiger partial charge in [-0.05, 0) is 49.9 Å². The van der Waals surface area contributed by atoms with Crippen LogP contribution in [0.3, 0.4) is 0 Å². The Balaban J connectivity index is 1.80. The number of Topliss-reactive ketones (excluding diaryl/α,β-unsaturated/α-hetero) is 2. The number of nitrogens with two attached hydrogens (primary N) is 2. The predicted molar refractivity (Wildman–Crippen MR) is 146 cm³/mol. The van der Waals surface area contributed by atoms with Gasteiger partial charge in [-0.2, -0.15) is 0 Å². The first-order chi connectivity index (χ1) is 18.1. The molecule has 10 heteroatoms. The van der Waals surface area contributed by atoms with Crippen molar-refractivity contribution in [2.24, 2.45) is 23.3 Å². The summed E-state index contributed by atoms with van der Waals surface area (Å²) in [5, 5.41) is 6.64. The minimum atomic E-state index is -0.651. The molecule has 0 fully saturated rings. The van der Waals surface area contributed by atoms with E-state index in [0.717, 1.165) is 25.7 Å². The molecule has 2 atom stereocenters. The Labute approximate surface area is 224 Å². The van der Waals surface area contributed by atoms with E-state index in [1.807, 2.05) is 27.7 Å². The summed E-state index contributed by atoms with van der Waals surface area (Å²) in [4.78, 5) is 57.5. The molecule has 2 rings (SSSR count). The quantitative estimate of drug-likeness (QED) is 0.181. The third-order valence-corrected chi connectivity index (χ3v) is 6.43. The molecule has 6 N–H and O–H groups in total. The molecule has 0 aliphatic carbocycles. The van der Waals surface area contributed by atoms with Gasteiger partial charge in [0, 0.05) is 24.8 Å². The van der Waals surface area contributed by atoms with Crippen molar-refractivity contribution >= 4 is 23.4 Å². The molecule has 2 amide bonds. The van der Waals surface area contributed by atoms with E-state index in [2.05, 4.69) is 20.6 Å². The van der Waals surface area contributed by atoms with Crippen molar-refractivity contribution in [2.75, 3.05) is 13.1 Å². The highest BCUT2D eigenvalue weighted by molar-refractivity contribution is 6.10. The topological polar surface area (TPSA) is 170 Å². The number of carbonyl (C=O) groups is 4. The molecule has 2 aromatic rings. The summed E-state index contributed by atoms with van der Waals surface area (Å²) in [6.07, 6.45) is 9.31. The molecule has 0 aliphatic heterocycles. The van der Waals surface area contributed by atoms with Crippen molar-refractivity contribution in [1.29, 1.82) is 0 Å². The number of ketones is 2. The van der Waals surface area contributed by atoms with Crippen LogP contribution in [0.1, 0.15) is 94.8 Å². The number of primary amides is 2. The molecule has 0 saturated carbocycles. The van der Waals surface area contributed by atoms with Gasteiger partial charge in [0.05, 0.1) is 34.3 Å². The number of hydrogen-bond donors (Lipinski definition) is 4. The number of nitrogens with one attached hydrogen (secondary N) is 2. The van der Waals surface area contributed by atoms with E-state index in [9.17, 15) is 19.2 Å². The Hall–Kier alpha value is -3.50. The van der Waals surface area contributed by atoms with Crippen LogP contribution >= 0.6 is 0 Å². The van der Waals surface area contributed by atoms with Crippen LogP contribution in [0.4, 0.5) is 0 Å². The van der Waals surface area contributed by atoms with Crippen LogP contribution in [-0.4, -0.2) is 58.5 Å². The van der Waals surface area contributed by atoms with Gasteiger partial charge in [0.2, 0.25) is 11.8 Å². The van der Waals surface area contributed by atoms with Crippen molar-refractivity contribution in [3.63, 3.8) is 0 Å². The highest BCUT2D eigenvalue weighted by Crippen LogP contribution is 2.16. The lowest BCUT2D eigenvalue weighted by molar-refractivity contribution is 0.0900. The molecule has 0 saturated heterocycles. The summed E-state index contributed by atoms with van der Waals surface area (Å²) in [6.45, 7) is 9.10. The van der Waals surface area contributed by atoms with Gasteiger partial charge in [0.15, 0.2) is 11.6 Å². The Morgan fingerprint density at radius 1 is 0.658 bits per heavy atom. The number of unbranched alkanes of at least 4 members (excludes halogenated alkanes) is 3. The fourth-order valence-corrected chi connectivity index (χ4v) is 4.33. The standard InChI is InChI=1S/C28H40N6O4/c1-17(2)23(25(35)21-15-31-13-9-19(21)27(29)37)33-11-7-5-6-8-12-34-24(18(3)4)26(36)22-16-32-14-10-20(22)28(30)38/h9-10,13-18,23-24,33-34H,5-8,11-12H2,1-4H3,(H2,29,37)(H2,30,38). The summed E-state index contributed by atoms with van der Waals surface area (Å²) < 4.78 is 0. The zero-order valence-electron chi connectivity index (χ0n) is 22.7. The summed E-state index contributed by atoms with van der Waals surface area (Å²) in [7, 11) is 0. The number of pyridine rings is 2. The fourth-order valence-electron chi connectivity index (χ4n) is 4.33. The molecule has 2 heterocycles. The predicted octanol–water partition coefficient (Wildman–Crippen LogP) is 2.53. The average Bonchev–Trinajstić information content (AvgIpc) is 2.88. The van der Waals surface area contributed by atoms with E-state index in [0.29, 0.717) is 13.1 Å². The third kappa shape index (κ3) is 8.53. The van der Waals surface area contributed by atoms with Gasteiger partial charge >= 0.3 is 0 Å². The second kappa shape index (κ2) is 15.0. The van der Waals surface area contributed by atoms with Gasteiger partial charge in [0.25, 0.3) is 0 Å². The first-order valence-electron chi connectivity index (χ1n) is 13.1. The second-order valence-corrected chi connectivity index (χ2v) is 10.1. The summed E-state index contributed by atoms with van der Waals surface area (Å²) in [6, 6.07) is 2.03. The number of hydrogen-bond acceptors (Lipinski definition) is 8. The van der Waals surface area contributed by atoms with Crippen LogP contribution in [0.5, 0.6) is 0 Å². The third-order valence-electron chi connectivity index (χ3n) is 6.43. The molecule has 0 radical (unpaired) electrons. The van der Waals surface area contributed by atoms with Gasteiger partial charge in [-0.3, -0.25) is 29.1 Å². The zero-order chi connectivity index (χ0) is 28.2. The molecular weight excluding hydrogens is 484 g/mol. The maximum absolute atomic E-state index is 13.1. The highest BCUT2D eigenvalue weighted by atomic mass is 16.2. The van der Waals surface area contributed by atoms with Gasteiger partial charge in [-0.25, -0.2) is 0 Å². The molecule has 0 spiro atoms. The maximum atomic E-state index is 13.1. The second-order valence-electron chi connectivity index (χ2n) is 10.1. The van der Waals surface area contributed by atoms with E-state index in [-0.39, 0.29) is 45.7 Å². The Morgan fingerprint density at radius 3 is 1.34 bits per heavy atom. The van der Waals surface area contributed by atoms with E-state index < -0.39 is 23.9 Å². The maximum Gasteiger partial charge on any atom is 0.249 e. The first kappa shape index (κ1) is 30.7. The summed E-state index contributed by atoms with van der Waals surface area (Å²) >= 11 is 0. The SMILES string of the molecule is CC(C)C(NCCCCCCNC(C(=O)c1cnccc1C(N)=O)C(C)C)C(=O)c1cnccc1C(N)=O. The zero-order valence-corrected chi connectivity index (χ0v) is 22.7. The Bertz CT molecular complexity index is 1030. The monoisotopic (exact) mass is 524 g/mol. The molecule has 0 bridgehead atoms. The lowest BCUT2D eigenvalue weighted by Crippen LogP contribution is -2.42. The lowest BCUT2D eigenvalue weighted by Gasteiger charge is -2.22. The van der Waals surface area contributed by atoms with E-state index >= 15 is 0 Å². The Morgan fingerprint density at radius 2 is 1.03 bits per heavy atom. The molecule has 2 aromatic heterocycles. The molecule has 38 heavy (non-hydrogen) atoms. The molecule has 0 aromatic carbocycles. The minimum absolute atomic E-state index is 0.0213. The molecule has 206 valence electrons. The summed E-state index contributed by atoms with van der Waals surface area (Å²) in [5.74, 6) is -1.64. The molecule has 10 nitrogen and oxygen atoms in total. The van der Waals surface area contributed by atoms with Crippen LogP contribution in [-0.2, 0) is 0 Å². The Kier molecular flexibility index (Phi) is 12.2. The van der Waals surface area contributed by atoms with Crippen LogP contribution in [0.2, 0.25) is 0 Å². The molecular formula is C28H40N6O4. The van der Waals surface area contributed by atoms with E-state index in [1.165, 1.54) is 36.9 Å². The highest BCUT2D eigenvalue weighted by Gasteiger charge is 2.27. The fraction of sp³-hybridized carbons (Fsp3) is 0.500. The van der Waals surface area contributed by atoms with Crippen molar-refractivity contribution in [1.82, 2.24) is 20.6 Å². The number of aromatic nitrogens is 2. The van der Waals surface area contributed by atoms with Crippen molar-refractivity contribution < 1.29 is 19.2 Å². The largest absolute Gasteiger partial charge is 0.366 e. The number of rotatable bonds is 17. The first-order valence-corrected chi connectivity index (χ1v) is 13.1.